The number of nitrogens with two attached hydrogens (primary N) is 1. The van der Waals surface area contributed by atoms with E-state index >= 15 is 0 Å². The van der Waals surface area contributed by atoms with Gasteiger partial charge in [-0.15, -0.1) is 10.2 Å². The maximum atomic E-state index is 12.5. The zero-order valence-electron chi connectivity index (χ0n) is 12.9. The van der Waals surface area contributed by atoms with Crippen molar-refractivity contribution >= 4 is 34.1 Å². The third-order valence-corrected chi connectivity index (χ3v) is 4.67. The van der Waals surface area contributed by atoms with E-state index in [1.165, 1.54) is 11.3 Å². The Bertz CT molecular complexity index is 816. The molecule has 3 rings (SSSR count). The average Bonchev–Trinajstić information content (AvgIpc) is 3.23. The lowest BCUT2D eigenvalue weighted by Gasteiger charge is -2.15. The number of hydrogen-bond acceptors (Lipinski definition) is 7. The van der Waals surface area contributed by atoms with Crippen LogP contribution in [0.5, 0.6) is 0 Å². The Kier molecular flexibility index (Phi) is 5.17. The summed E-state index contributed by atoms with van der Waals surface area (Å²) in [7, 11) is 0. The van der Waals surface area contributed by atoms with Crippen LogP contribution in [0.15, 0.2) is 46.9 Å². The summed E-state index contributed by atoms with van der Waals surface area (Å²) in [5, 5.41) is 11.8. The molecule has 0 fully saturated rings. The van der Waals surface area contributed by atoms with E-state index in [9.17, 15) is 4.79 Å². The van der Waals surface area contributed by atoms with E-state index < -0.39 is 6.04 Å². The molecule has 1 unspecified atom stereocenters. The molecule has 1 aromatic carbocycles. The second kappa shape index (κ2) is 7.50. The highest BCUT2D eigenvalue weighted by Crippen LogP contribution is 2.26. The molecule has 0 saturated carbocycles. The number of furan rings is 1. The molecular formula is C16H16N4O2S2. The zero-order valence-corrected chi connectivity index (χ0v) is 14.6. The summed E-state index contributed by atoms with van der Waals surface area (Å²) in [4.78, 5) is 12.5. The lowest BCUT2D eigenvalue weighted by atomic mass is 10.1. The predicted molar refractivity (Wildman–Crippen MR) is 96.0 cm³/mol. The number of nitrogen functional groups attached to an aromatic ring is 1. The van der Waals surface area contributed by atoms with Crippen LogP contribution < -0.4 is 11.1 Å². The first-order chi connectivity index (χ1) is 11.7. The molecule has 1 amide bonds. The van der Waals surface area contributed by atoms with Gasteiger partial charge in [0.2, 0.25) is 5.13 Å². The van der Waals surface area contributed by atoms with Crippen molar-refractivity contribution in [2.24, 2.45) is 0 Å². The van der Waals surface area contributed by atoms with Gasteiger partial charge >= 0.3 is 0 Å². The van der Waals surface area contributed by atoms with Crippen LogP contribution in [0.2, 0.25) is 0 Å². The van der Waals surface area contributed by atoms with Gasteiger partial charge in [-0.1, -0.05) is 41.7 Å². The Morgan fingerprint density at radius 2 is 2.08 bits per heavy atom. The number of nitrogens with one attached hydrogen (secondary N) is 1. The number of aromatic nitrogens is 2. The molecule has 0 radical (unpaired) electrons. The lowest BCUT2D eigenvalue weighted by Crippen LogP contribution is -2.29. The van der Waals surface area contributed by atoms with Crippen molar-refractivity contribution in [2.45, 2.75) is 11.8 Å². The zero-order chi connectivity index (χ0) is 16.9. The Balaban J connectivity index is 1.84. The molecule has 3 N–H and O–H groups in total. The molecule has 0 spiro atoms. The number of benzene rings is 1. The van der Waals surface area contributed by atoms with Crippen molar-refractivity contribution in [3.63, 3.8) is 0 Å². The minimum absolute atomic E-state index is 0.275. The van der Waals surface area contributed by atoms with Gasteiger partial charge in [0.25, 0.3) is 5.91 Å². The van der Waals surface area contributed by atoms with Crippen LogP contribution in [0.1, 0.15) is 32.9 Å². The van der Waals surface area contributed by atoms with Crippen molar-refractivity contribution in [1.82, 2.24) is 15.5 Å². The molecule has 124 valence electrons. The minimum atomic E-state index is -0.428. The molecule has 6 nitrogen and oxygen atoms in total. The molecule has 2 heterocycles. The molecule has 0 aliphatic rings. The SMILES string of the molecule is CSCc1ccc(C(=O)NC(c2ccccc2)c2nnc(N)s2)o1. The van der Waals surface area contributed by atoms with Crippen molar-refractivity contribution in [3.05, 3.63) is 64.6 Å². The first kappa shape index (κ1) is 16.5. The lowest BCUT2D eigenvalue weighted by molar-refractivity contribution is 0.0913. The highest BCUT2D eigenvalue weighted by atomic mass is 32.2. The molecule has 0 aliphatic heterocycles. The average molecular weight is 360 g/mol. The molecule has 3 aromatic rings. The molecule has 1 atom stereocenters. The molecule has 0 saturated heterocycles. The predicted octanol–water partition coefficient (Wildman–Crippen LogP) is 3.10. The summed E-state index contributed by atoms with van der Waals surface area (Å²) in [5.74, 6) is 1.47. The van der Waals surface area contributed by atoms with Gasteiger partial charge in [-0.05, 0) is 24.0 Å². The summed E-state index contributed by atoms with van der Waals surface area (Å²) in [6.45, 7) is 0. The molecule has 0 aliphatic carbocycles. The van der Waals surface area contributed by atoms with Crippen molar-refractivity contribution < 1.29 is 9.21 Å². The van der Waals surface area contributed by atoms with E-state index in [1.807, 2.05) is 42.7 Å². The summed E-state index contributed by atoms with van der Waals surface area (Å²) >= 11 is 2.88. The fourth-order valence-corrected chi connectivity index (χ4v) is 3.35. The largest absolute Gasteiger partial charge is 0.455 e. The first-order valence-electron chi connectivity index (χ1n) is 7.19. The van der Waals surface area contributed by atoms with Crippen LogP contribution in [0.3, 0.4) is 0 Å². The van der Waals surface area contributed by atoms with Crippen LogP contribution >= 0.6 is 23.1 Å². The highest BCUT2D eigenvalue weighted by Gasteiger charge is 2.23. The van der Waals surface area contributed by atoms with Gasteiger partial charge < -0.3 is 15.5 Å². The summed E-state index contributed by atoms with van der Waals surface area (Å²) < 4.78 is 5.57. The number of carbonyl (C=O) groups is 1. The van der Waals surface area contributed by atoms with Crippen LogP contribution in [0.4, 0.5) is 5.13 Å². The van der Waals surface area contributed by atoms with Crippen molar-refractivity contribution in [2.75, 3.05) is 12.0 Å². The number of hydrogen-bond donors (Lipinski definition) is 2. The van der Waals surface area contributed by atoms with E-state index in [0.29, 0.717) is 10.1 Å². The Hall–Kier alpha value is -2.32. The summed E-state index contributed by atoms with van der Waals surface area (Å²) in [5.41, 5.74) is 6.59. The van der Waals surface area contributed by atoms with E-state index in [4.69, 9.17) is 10.2 Å². The normalized spacial score (nSPS) is 12.0. The number of rotatable bonds is 6. The van der Waals surface area contributed by atoms with Crippen LogP contribution in [-0.2, 0) is 5.75 Å². The second-order valence-corrected chi connectivity index (χ2v) is 6.90. The van der Waals surface area contributed by atoms with E-state index in [-0.39, 0.29) is 11.7 Å². The Morgan fingerprint density at radius 1 is 1.29 bits per heavy atom. The molecule has 8 heteroatoms. The standard InChI is InChI=1S/C16H16N4O2S2/c1-23-9-11-7-8-12(22-11)14(21)18-13(10-5-3-2-4-6-10)15-19-20-16(17)24-15/h2-8,13H,9H2,1H3,(H2,17,20)(H,18,21). The fourth-order valence-electron chi connectivity index (χ4n) is 2.22. The second-order valence-electron chi connectivity index (χ2n) is 4.99. The number of amides is 1. The summed E-state index contributed by atoms with van der Waals surface area (Å²) in [6.07, 6.45) is 1.98. The quantitative estimate of drug-likeness (QED) is 0.701. The Labute approximate surface area is 147 Å². The highest BCUT2D eigenvalue weighted by molar-refractivity contribution is 7.97. The van der Waals surface area contributed by atoms with Crippen LogP contribution in [-0.4, -0.2) is 22.4 Å². The Morgan fingerprint density at radius 3 is 2.75 bits per heavy atom. The maximum Gasteiger partial charge on any atom is 0.287 e. The van der Waals surface area contributed by atoms with Gasteiger partial charge in [-0.25, -0.2) is 0 Å². The monoisotopic (exact) mass is 360 g/mol. The van der Waals surface area contributed by atoms with E-state index in [1.54, 1.807) is 17.8 Å². The molecule has 2 aromatic heterocycles. The van der Waals surface area contributed by atoms with E-state index in [0.717, 1.165) is 17.1 Å². The van der Waals surface area contributed by atoms with Crippen LogP contribution in [0, 0.1) is 0 Å². The van der Waals surface area contributed by atoms with Crippen molar-refractivity contribution in [1.29, 1.82) is 0 Å². The van der Waals surface area contributed by atoms with Crippen LogP contribution in [0.25, 0.3) is 0 Å². The first-order valence-corrected chi connectivity index (χ1v) is 9.40. The maximum absolute atomic E-state index is 12.5. The van der Waals surface area contributed by atoms with Gasteiger partial charge in [-0.2, -0.15) is 11.8 Å². The molecule has 24 heavy (non-hydrogen) atoms. The van der Waals surface area contributed by atoms with Gasteiger partial charge in [0, 0.05) is 0 Å². The number of carbonyl (C=O) groups excluding carboxylic acids is 1. The molecular weight excluding hydrogens is 344 g/mol. The van der Waals surface area contributed by atoms with Gasteiger partial charge in [-0.3, -0.25) is 4.79 Å². The third-order valence-electron chi connectivity index (χ3n) is 3.28. The number of thioether (sulfide) groups is 1. The smallest absolute Gasteiger partial charge is 0.287 e. The number of nitrogens with zero attached hydrogens (tertiary/aromatic N) is 2. The third kappa shape index (κ3) is 3.77. The fraction of sp³-hybridized carbons (Fsp3) is 0.188. The van der Waals surface area contributed by atoms with E-state index in [2.05, 4.69) is 15.5 Å². The van der Waals surface area contributed by atoms with Crippen molar-refractivity contribution in [3.8, 4) is 0 Å². The molecule has 0 bridgehead atoms. The van der Waals surface area contributed by atoms with Gasteiger partial charge in [0.05, 0.1) is 5.75 Å². The number of anilines is 1. The van der Waals surface area contributed by atoms with Gasteiger partial charge in [0.1, 0.15) is 16.8 Å². The topological polar surface area (TPSA) is 94.0 Å². The van der Waals surface area contributed by atoms with Gasteiger partial charge in [0.15, 0.2) is 5.76 Å². The minimum Gasteiger partial charge on any atom is -0.455 e. The summed E-state index contributed by atoms with van der Waals surface area (Å²) in [6, 6.07) is 12.6.